The van der Waals surface area contributed by atoms with Crippen molar-refractivity contribution in [2.24, 2.45) is 5.92 Å². The van der Waals surface area contributed by atoms with E-state index in [2.05, 4.69) is 10.2 Å². The molecule has 0 atom stereocenters. The summed E-state index contributed by atoms with van der Waals surface area (Å²) in [7, 11) is -1.61. The first-order chi connectivity index (χ1) is 15.8. The molecule has 7 nitrogen and oxygen atoms in total. The summed E-state index contributed by atoms with van der Waals surface area (Å²) in [6.45, 7) is 2.75. The number of piperidine rings is 1. The Morgan fingerprint density at radius 3 is 2.55 bits per heavy atom. The van der Waals surface area contributed by atoms with Gasteiger partial charge in [-0.2, -0.15) is 0 Å². The van der Waals surface area contributed by atoms with Gasteiger partial charge in [0.15, 0.2) is 9.84 Å². The fraction of sp³-hybridized carbons (Fsp3) is 0.458. The molecule has 0 spiro atoms. The number of hydrogen-bond donors (Lipinski definition) is 2. The number of benzene rings is 2. The third kappa shape index (κ3) is 7.62. The van der Waals surface area contributed by atoms with Crippen LogP contribution in [0.4, 0.5) is 5.69 Å². The number of carbonyl (C=O) groups excluding carboxylic acids is 1. The van der Waals surface area contributed by atoms with Crippen LogP contribution in [-0.2, 0) is 16.3 Å². The zero-order valence-electron chi connectivity index (χ0n) is 18.9. The van der Waals surface area contributed by atoms with Gasteiger partial charge in [-0.1, -0.05) is 41.9 Å². The number of carbonyl (C=O) groups is 1. The number of halogens is 1. The maximum atomic E-state index is 12.6. The summed E-state index contributed by atoms with van der Waals surface area (Å²) in [5, 5.41) is 3.27. The van der Waals surface area contributed by atoms with Crippen LogP contribution in [0.25, 0.3) is 0 Å². The van der Waals surface area contributed by atoms with Crippen molar-refractivity contribution in [2.75, 3.05) is 50.5 Å². The Morgan fingerprint density at radius 1 is 1.18 bits per heavy atom. The number of nitrogens with two attached hydrogens (primary N) is 1. The van der Waals surface area contributed by atoms with E-state index >= 15 is 0 Å². The predicted octanol–water partition coefficient (Wildman–Crippen LogP) is 3.03. The Hall–Kier alpha value is -2.29. The highest BCUT2D eigenvalue weighted by molar-refractivity contribution is 7.91. The molecule has 0 saturated carbocycles. The Kier molecular flexibility index (Phi) is 9.00. The van der Waals surface area contributed by atoms with Crippen molar-refractivity contribution >= 4 is 33.0 Å². The SMILES string of the molecule is COc1cc(N)c(Cl)cc1C(=O)NCC1CCN(CCS(=O)(=O)CCc2ccccc2)CC1. The van der Waals surface area contributed by atoms with E-state index in [1.165, 1.54) is 13.2 Å². The molecule has 2 aromatic carbocycles. The van der Waals surface area contributed by atoms with Crippen LogP contribution in [0.5, 0.6) is 5.75 Å². The number of nitrogen functional groups attached to an aromatic ring is 1. The van der Waals surface area contributed by atoms with E-state index in [-0.39, 0.29) is 17.4 Å². The van der Waals surface area contributed by atoms with Crippen molar-refractivity contribution in [1.29, 1.82) is 0 Å². The number of ether oxygens (including phenoxy) is 1. The zero-order chi connectivity index (χ0) is 23.8. The van der Waals surface area contributed by atoms with E-state index in [1.54, 1.807) is 6.07 Å². The zero-order valence-corrected chi connectivity index (χ0v) is 20.5. The molecule has 1 fully saturated rings. The number of amides is 1. The highest BCUT2D eigenvalue weighted by Crippen LogP contribution is 2.29. The van der Waals surface area contributed by atoms with Crippen molar-refractivity contribution in [3.63, 3.8) is 0 Å². The first-order valence-corrected chi connectivity index (χ1v) is 13.4. The van der Waals surface area contributed by atoms with Gasteiger partial charge in [0.1, 0.15) is 5.75 Å². The number of nitrogens with zero attached hydrogens (tertiary/aromatic N) is 1. The van der Waals surface area contributed by atoms with Crippen LogP contribution in [0.3, 0.4) is 0 Å². The maximum absolute atomic E-state index is 12.6. The Labute approximate surface area is 201 Å². The molecule has 1 heterocycles. The summed E-state index contributed by atoms with van der Waals surface area (Å²) < 4.78 is 30.1. The van der Waals surface area contributed by atoms with Gasteiger partial charge in [0.05, 0.1) is 34.9 Å². The number of hydrogen-bond acceptors (Lipinski definition) is 6. The lowest BCUT2D eigenvalue weighted by molar-refractivity contribution is 0.0934. The third-order valence-corrected chi connectivity index (χ3v) is 8.04. The smallest absolute Gasteiger partial charge is 0.255 e. The van der Waals surface area contributed by atoms with Gasteiger partial charge in [-0.05, 0) is 49.9 Å². The average molecular weight is 494 g/mol. The molecule has 9 heteroatoms. The molecule has 1 amide bonds. The van der Waals surface area contributed by atoms with Crippen LogP contribution < -0.4 is 15.8 Å². The van der Waals surface area contributed by atoms with Gasteiger partial charge in [-0.3, -0.25) is 4.79 Å². The molecular formula is C24H32ClN3O4S. The quantitative estimate of drug-likeness (QED) is 0.493. The van der Waals surface area contributed by atoms with E-state index < -0.39 is 9.84 Å². The predicted molar refractivity (Wildman–Crippen MR) is 133 cm³/mol. The minimum absolute atomic E-state index is 0.179. The molecule has 1 saturated heterocycles. The standard InChI is InChI=1S/C24H32ClN3O4S/c1-32-23-16-22(26)21(25)15-20(23)24(29)27-17-19-7-10-28(11-8-19)12-14-33(30,31)13-9-18-5-3-2-4-6-18/h2-6,15-16,19H,7-14,17,26H2,1H3,(H,27,29). The van der Waals surface area contributed by atoms with Gasteiger partial charge < -0.3 is 20.7 Å². The lowest BCUT2D eigenvalue weighted by Crippen LogP contribution is -2.40. The molecular weight excluding hydrogens is 462 g/mol. The van der Waals surface area contributed by atoms with Crippen LogP contribution in [0.15, 0.2) is 42.5 Å². The fourth-order valence-electron chi connectivity index (χ4n) is 3.95. The highest BCUT2D eigenvalue weighted by Gasteiger charge is 2.22. The average Bonchev–Trinajstić information content (AvgIpc) is 2.83. The van der Waals surface area contributed by atoms with Gasteiger partial charge in [0.2, 0.25) is 0 Å². The Morgan fingerprint density at radius 2 is 1.88 bits per heavy atom. The monoisotopic (exact) mass is 493 g/mol. The van der Waals surface area contributed by atoms with E-state index in [1.807, 2.05) is 30.3 Å². The second-order valence-corrected chi connectivity index (χ2v) is 11.2. The maximum Gasteiger partial charge on any atom is 0.255 e. The molecule has 3 N–H and O–H groups in total. The largest absolute Gasteiger partial charge is 0.496 e. The van der Waals surface area contributed by atoms with Crippen LogP contribution in [-0.4, -0.2) is 64.0 Å². The molecule has 3 rings (SSSR count). The molecule has 0 bridgehead atoms. The van der Waals surface area contributed by atoms with Crippen LogP contribution >= 0.6 is 11.6 Å². The van der Waals surface area contributed by atoms with Gasteiger partial charge in [-0.15, -0.1) is 0 Å². The van der Waals surface area contributed by atoms with Crippen molar-refractivity contribution in [3.8, 4) is 5.75 Å². The second kappa shape index (κ2) is 11.7. The summed E-state index contributed by atoms with van der Waals surface area (Å²) in [6, 6.07) is 12.8. The van der Waals surface area contributed by atoms with Crippen molar-refractivity contribution in [3.05, 3.63) is 58.6 Å². The molecule has 1 aliphatic rings. The topological polar surface area (TPSA) is 102 Å². The Bertz CT molecular complexity index is 1040. The van der Waals surface area contributed by atoms with Crippen molar-refractivity contribution in [2.45, 2.75) is 19.3 Å². The van der Waals surface area contributed by atoms with Gasteiger partial charge in [0, 0.05) is 19.2 Å². The minimum atomic E-state index is -3.09. The van der Waals surface area contributed by atoms with Crippen LogP contribution in [0, 0.1) is 5.92 Å². The summed E-state index contributed by atoms with van der Waals surface area (Å²) in [5.74, 6) is 0.838. The third-order valence-electron chi connectivity index (χ3n) is 6.08. The first kappa shape index (κ1) is 25.3. The lowest BCUT2D eigenvalue weighted by Gasteiger charge is -2.32. The molecule has 0 radical (unpaired) electrons. The summed E-state index contributed by atoms with van der Waals surface area (Å²) >= 11 is 6.06. The normalized spacial score (nSPS) is 15.3. The lowest BCUT2D eigenvalue weighted by atomic mass is 9.96. The molecule has 33 heavy (non-hydrogen) atoms. The van der Waals surface area contributed by atoms with Crippen LogP contribution in [0.2, 0.25) is 5.02 Å². The molecule has 180 valence electrons. The number of sulfone groups is 1. The molecule has 2 aromatic rings. The number of nitrogens with one attached hydrogen (secondary N) is 1. The van der Waals surface area contributed by atoms with Gasteiger partial charge in [0.25, 0.3) is 5.91 Å². The molecule has 1 aliphatic heterocycles. The number of likely N-dealkylation sites (tertiary alicyclic amines) is 1. The number of rotatable bonds is 10. The summed E-state index contributed by atoms with van der Waals surface area (Å²) in [6.07, 6.45) is 2.36. The van der Waals surface area contributed by atoms with Gasteiger partial charge >= 0.3 is 0 Å². The van der Waals surface area contributed by atoms with E-state index in [4.69, 9.17) is 22.1 Å². The second-order valence-electron chi connectivity index (χ2n) is 8.46. The fourth-order valence-corrected chi connectivity index (χ4v) is 5.40. The van der Waals surface area contributed by atoms with E-state index in [0.717, 1.165) is 31.5 Å². The van der Waals surface area contributed by atoms with Crippen LogP contribution in [0.1, 0.15) is 28.8 Å². The number of aryl methyl sites for hydroxylation is 1. The van der Waals surface area contributed by atoms with Crippen molar-refractivity contribution < 1.29 is 17.9 Å². The van der Waals surface area contributed by atoms with E-state index in [0.29, 0.717) is 47.5 Å². The summed E-state index contributed by atoms with van der Waals surface area (Å²) in [5.41, 5.74) is 7.54. The molecule has 0 aliphatic carbocycles. The minimum Gasteiger partial charge on any atom is -0.496 e. The van der Waals surface area contributed by atoms with Gasteiger partial charge in [-0.25, -0.2) is 8.42 Å². The first-order valence-electron chi connectivity index (χ1n) is 11.2. The molecule has 0 aromatic heterocycles. The number of methoxy groups -OCH3 is 1. The van der Waals surface area contributed by atoms with E-state index in [9.17, 15) is 13.2 Å². The summed E-state index contributed by atoms with van der Waals surface area (Å²) in [4.78, 5) is 14.8. The van der Waals surface area contributed by atoms with Crippen molar-refractivity contribution in [1.82, 2.24) is 10.2 Å². The molecule has 0 unspecified atom stereocenters. The Balaban J connectivity index is 1.39. The highest BCUT2D eigenvalue weighted by atomic mass is 35.5. The number of anilines is 1.